The van der Waals surface area contributed by atoms with Crippen molar-refractivity contribution in [3.8, 4) is 0 Å². The zero-order chi connectivity index (χ0) is 15.0. The maximum absolute atomic E-state index is 13.3. The first-order valence-electron chi connectivity index (χ1n) is 7.96. The molecule has 4 heteroatoms. The number of halogens is 2. The number of nitrogens with one attached hydrogen (secondary N) is 1. The Bertz CT molecular complexity index is 502. The molecule has 1 aromatic carbocycles. The third kappa shape index (κ3) is 3.58. The largest absolute Gasteiger partial charge is 0.311 e. The summed E-state index contributed by atoms with van der Waals surface area (Å²) in [6.45, 7) is 7.53. The standard InChI is InChI=1S/C17H24ClFN2/c1-11(2)16-10-21(17(8-20-16)13-4-5-13)9-12-3-6-15(19)14(18)7-12/h3,6-7,11,13,16-17,20H,4-5,8-10H2,1-2H3. The smallest absolute Gasteiger partial charge is 0.141 e. The Hall–Kier alpha value is -0.640. The zero-order valence-corrected chi connectivity index (χ0v) is 13.5. The van der Waals surface area contributed by atoms with Gasteiger partial charge in [-0.3, -0.25) is 4.90 Å². The lowest BCUT2D eigenvalue weighted by Gasteiger charge is -2.42. The van der Waals surface area contributed by atoms with E-state index in [-0.39, 0.29) is 10.8 Å². The van der Waals surface area contributed by atoms with Crippen molar-refractivity contribution in [2.75, 3.05) is 13.1 Å². The fraction of sp³-hybridized carbons (Fsp3) is 0.647. The molecule has 1 aliphatic carbocycles. The summed E-state index contributed by atoms with van der Waals surface area (Å²) in [7, 11) is 0. The molecule has 2 aliphatic rings. The van der Waals surface area contributed by atoms with Crippen molar-refractivity contribution in [3.63, 3.8) is 0 Å². The molecule has 1 aliphatic heterocycles. The predicted molar refractivity (Wildman–Crippen MR) is 85.0 cm³/mol. The van der Waals surface area contributed by atoms with E-state index in [1.165, 1.54) is 18.9 Å². The number of nitrogens with zero attached hydrogens (tertiary/aromatic N) is 1. The molecule has 0 amide bonds. The highest BCUT2D eigenvalue weighted by atomic mass is 35.5. The van der Waals surface area contributed by atoms with Crippen LogP contribution in [0.3, 0.4) is 0 Å². The minimum Gasteiger partial charge on any atom is -0.311 e. The van der Waals surface area contributed by atoms with E-state index in [4.69, 9.17) is 11.6 Å². The van der Waals surface area contributed by atoms with Crippen LogP contribution in [-0.4, -0.2) is 30.1 Å². The molecule has 21 heavy (non-hydrogen) atoms. The van der Waals surface area contributed by atoms with Gasteiger partial charge in [0.2, 0.25) is 0 Å². The van der Waals surface area contributed by atoms with E-state index in [9.17, 15) is 4.39 Å². The molecule has 0 aromatic heterocycles. The number of rotatable bonds is 4. The van der Waals surface area contributed by atoms with E-state index in [2.05, 4.69) is 24.1 Å². The van der Waals surface area contributed by atoms with Crippen molar-refractivity contribution in [2.24, 2.45) is 11.8 Å². The predicted octanol–water partition coefficient (Wildman–Crippen LogP) is 3.69. The summed E-state index contributed by atoms with van der Waals surface area (Å²) in [4.78, 5) is 2.57. The molecule has 0 spiro atoms. The first-order valence-corrected chi connectivity index (χ1v) is 8.33. The van der Waals surface area contributed by atoms with Crippen LogP contribution in [0.1, 0.15) is 32.3 Å². The van der Waals surface area contributed by atoms with E-state index in [1.807, 2.05) is 6.07 Å². The highest BCUT2D eigenvalue weighted by Crippen LogP contribution is 2.37. The maximum atomic E-state index is 13.3. The second-order valence-electron chi connectivity index (χ2n) is 6.84. The van der Waals surface area contributed by atoms with Crippen LogP contribution in [0.2, 0.25) is 5.02 Å². The molecule has 2 fully saturated rings. The van der Waals surface area contributed by atoms with Crippen LogP contribution < -0.4 is 5.32 Å². The molecule has 2 atom stereocenters. The molecule has 1 heterocycles. The Labute approximate surface area is 131 Å². The van der Waals surface area contributed by atoms with Gasteiger partial charge in [0.25, 0.3) is 0 Å². The van der Waals surface area contributed by atoms with Gasteiger partial charge in [-0.2, -0.15) is 0 Å². The highest BCUT2D eigenvalue weighted by Gasteiger charge is 2.39. The van der Waals surface area contributed by atoms with Crippen LogP contribution in [0.5, 0.6) is 0 Å². The molecule has 1 N–H and O–H groups in total. The van der Waals surface area contributed by atoms with Crippen LogP contribution >= 0.6 is 11.6 Å². The summed E-state index contributed by atoms with van der Waals surface area (Å²) in [6, 6.07) is 6.26. The second-order valence-corrected chi connectivity index (χ2v) is 7.25. The van der Waals surface area contributed by atoms with Crippen molar-refractivity contribution in [1.29, 1.82) is 0 Å². The first-order chi connectivity index (χ1) is 10.0. The molecule has 2 unspecified atom stereocenters. The van der Waals surface area contributed by atoms with Crippen molar-refractivity contribution < 1.29 is 4.39 Å². The van der Waals surface area contributed by atoms with Crippen LogP contribution in [0.25, 0.3) is 0 Å². The molecule has 1 aromatic rings. The SMILES string of the molecule is CC(C)C1CN(Cc2ccc(F)c(Cl)c2)C(C2CC2)CN1. The summed E-state index contributed by atoms with van der Waals surface area (Å²) in [5.41, 5.74) is 1.11. The fourth-order valence-corrected chi connectivity index (χ4v) is 3.50. The topological polar surface area (TPSA) is 15.3 Å². The Morgan fingerprint density at radius 3 is 2.76 bits per heavy atom. The highest BCUT2D eigenvalue weighted by molar-refractivity contribution is 6.30. The van der Waals surface area contributed by atoms with Crippen molar-refractivity contribution in [1.82, 2.24) is 10.2 Å². The van der Waals surface area contributed by atoms with Gasteiger partial charge in [-0.05, 0) is 42.4 Å². The lowest BCUT2D eigenvalue weighted by molar-refractivity contribution is 0.0926. The van der Waals surface area contributed by atoms with E-state index < -0.39 is 0 Å². The third-order valence-corrected chi connectivity index (χ3v) is 5.12. The van der Waals surface area contributed by atoms with E-state index >= 15 is 0 Å². The quantitative estimate of drug-likeness (QED) is 0.912. The monoisotopic (exact) mass is 310 g/mol. The van der Waals surface area contributed by atoms with E-state index in [0.717, 1.165) is 31.1 Å². The molecule has 1 saturated carbocycles. The van der Waals surface area contributed by atoms with Crippen LogP contribution in [0, 0.1) is 17.7 Å². The number of hydrogen-bond acceptors (Lipinski definition) is 2. The van der Waals surface area contributed by atoms with E-state index in [0.29, 0.717) is 18.0 Å². The molecule has 0 bridgehead atoms. The summed E-state index contributed by atoms with van der Waals surface area (Å²) in [6.07, 6.45) is 2.69. The van der Waals surface area contributed by atoms with Gasteiger partial charge in [0.1, 0.15) is 5.82 Å². The maximum Gasteiger partial charge on any atom is 0.141 e. The van der Waals surface area contributed by atoms with Gasteiger partial charge in [0.15, 0.2) is 0 Å². The van der Waals surface area contributed by atoms with Crippen LogP contribution in [-0.2, 0) is 6.54 Å². The average molecular weight is 311 g/mol. The second kappa shape index (κ2) is 6.23. The van der Waals surface area contributed by atoms with Crippen molar-refractivity contribution >= 4 is 11.6 Å². The fourth-order valence-electron chi connectivity index (χ4n) is 3.30. The van der Waals surface area contributed by atoms with Gasteiger partial charge in [0, 0.05) is 31.7 Å². The van der Waals surface area contributed by atoms with E-state index in [1.54, 1.807) is 6.07 Å². The summed E-state index contributed by atoms with van der Waals surface area (Å²) in [5, 5.41) is 3.93. The molecule has 1 saturated heterocycles. The Balaban J connectivity index is 1.73. The Kier molecular flexibility index (Phi) is 4.53. The Morgan fingerprint density at radius 2 is 2.14 bits per heavy atom. The summed E-state index contributed by atoms with van der Waals surface area (Å²) < 4.78 is 13.3. The van der Waals surface area contributed by atoms with Crippen LogP contribution in [0.4, 0.5) is 4.39 Å². The van der Waals surface area contributed by atoms with Gasteiger partial charge < -0.3 is 5.32 Å². The normalized spacial score (nSPS) is 27.3. The molecular weight excluding hydrogens is 287 g/mol. The molecule has 116 valence electrons. The molecule has 0 radical (unpaired) electrons. The summed E-state index contributed by atoms with van der Waals surface area (Å²) >= 11 is 5.92. The van der Waals surface area contributed by atoms with Crippen molar-refractivity contribution in [2.45, 2.75) is 45.3 Å². The minimum atomic E-state index is -0.334. The first kappa shape index (κ1) is 15.3. The van der Waals surface area contributed by atoms with Crippen molar-refractivity contribution in [3.05, 3.63) is 34.6 Å². The number of hydrogen-bond donors (Lipinski definition) is 1. The van der Waals surface area contributed by atoms with Gasteiger partial charge in [-0.15, -0.1) is 0 Å². The number of piperazine rings is 1. The van der Waals surface area contributed by atoms with Gasteiger partial charge in [-0.1, -0.05) is 31.5 Å². The molecule has 2 nitrogen and oxygen atoms in total. The number of benzene rings is 1. The zero-order valence-electron chi connectivity index (χ0n) is 12.8. The minimum absolute atomic E-state index is 0.228. The van der Waals surface area contributed by atoms with Crippen LogP contribution in [0.15, 0.2) is 18.2 Å². The Morgan fingerprint density at radius 1 is 1.38 bits per heavy atom. The lowest BCUT2D eigenvalue weighted by Crippen LogP contribution is -2.58. The summed E-state index contributed by atoms with van der Waals surface area (Å²) in [5.74, 6) is 1.13. The molecule has 3 rings (SSSR count). The van der Waals surface area contributed by atoms with Gasteiger partial charge in [-0.25, -0.2) is 4.39 Å². The van der Waals surface area contributed by atoms with Gasteiger partial charge in [0.05, 0.1) is 5.02 Å². The lowest BCUT2D eigenvalue weighted by atomic mass is 9.97. The van der Waals surface area contributed by atoms with Gasteiger partial charge >= 0.3 is 0 Å². The third-order valence-electron chi connectivity index (χ3n) is 4.83. The molecular formula is C17H24ClFN2. The average Bonchev–Trinajstić information content (AvgIpc) is 3.27.